The van der Waals surface area contributed by atoms with Crippen LogP contribution in [0.5, 0.6) is 11.5 Å². The Hall–Kier alpha value is -4.96. The first-order valence-electron chi connectivity index (χ1n) is 23.8. The largest absolute Gasteiger partial charge is 0.497 e. The van der Waals surface area contributed by atoms with Crippen LogP contribution >= 0.6 is 56.7 Å². The number of carboxylic acids is 1. The van der Waals surface area contributed by atoms with E-state index in [1.54, 1.807) is 36.9 Å². The zero-order valence-electron chi connectivity index (χ0n) is 39.5. The van der Waals surface area contributed by atoms with Crippen LogP contribution in [-0.2, 0) is 24.1 Å². The smallest absolute Gasteiger partial charge is 0.346 e. The van der Waals surface area contributed by atoms with E-state index in [1.807, 2.05) is 64.3 Å². The summed E-state index contributed by atoms with van der Waals surface area (Å²) in [5.74, 6) is 0.473. The molecule has 0 aliphatic rings. The van der Waals surface area contributed by atoms with Gasteiger partial charge in [0.1, 0.15) is 28.1 Å². The number of ether oxygens (including phenoxy) is 2. The molecule has 0 saturated heterocycles. The normalized spacial score (nSPS) is 11.6. The maximum Gasteiger partial charge on any atom is 0.346 e. The number of aryl methyl sites for hydroxylation is 3. The van der Waals surface area contributed by atoms with E-state index in [9.17, 15) is 15.2 Å². The van der Waals surface area contributed by atoms with Crippen molar-refractivity contribution in [2.45, 2.75) is 117 Å². The summed E-state index contributed by atoms with van der Waals surface area (Å²) in [7, 11) is 3.43. The molecule has 350 valence electrons. The molecular formula is C56H62N2O4S5. The zero-order valence-corrected chi connectivity index (χ0v) is 43.5. The SMILES string of the molecule is CCCCCCc1cc(/C=C(/C#N)C(=O)O)sc1-c1ccc(-c2ccc(-c3sc(-c4cc(CCCCCC)c(N(c5ccc(OC)cc5)c5ccc(OC)cc5)s4)cc3CCCCCC)s2)s1. The van der Waals surface area contributed by atoms with Gasteiger partial charge in [-0.05, 0) is 152 Å². The van der Waals surface area contributed by atoms with Crippen molar-refractivity contribution >= 4 is 85.1 Å². The highest BCUT2D eigenvalue weighted by molar-refractivity contribution is 7.30. The average molecular weight is 987 g/mol. The van der Waals surface area contributed by atoms with E-state index in [-0.39, 0.29) is 5.57 Å². The summed E-state index contributed by atoms with van der Waals surface area (Å²) in [6.45, 7) is 6.77. The van der Waals surface area contributed by atoms with Gasteiger partial charge in [-0.2, -0.15) is 5.26 Å². The lowest BCUT2D eigenvalue weighted by atomic mass is 10.1. The molecule has 0 saturated carbocycles. The van der Waals surface area contributed by atoms with Crippen molar-refractivity contribution in [3.63, 3.8) is 0 Å². The first-order valence-corrected chi connectivity index (χ1v) is 27.9. The summed E-state index contributed by atoms with van der Waals surface area (Å²) < 4.78 is 11.2. The van der Waals surface area contributed by atoms with E-state index in [1.165, 1.54) is 125 Å². The van der Waals surface area contributed by atoms with Crippen molar-refractivity contribution in [1.82, 2.24) is 0 Å². The van der Waals surface area contributed by atoms with Gasteiger partial charge in [-0.25, -0.2) is 4.79 Å². The molecule has 0 aliphatic heterocycles. The number of benzene rings is 2. The molecule has 5 heterocycles. The maximum atomic E-state index is 11.7. The third kappa shape index (κ3) is 12.8. The second kappa shape index (κ2) is 24.9. The van der Waals surface area contributed by atoms with Gasteiger partial charge in [-0.1, -0.05) is 78.6 Å². The van der Waals surface area contributed by atoms with Crippen LogP contribution in [0.2, 0.25) is 0 Å². The number of rotatable bonds is 26. The van der Waals surface area contributed by atoms with E-state index in [0.29, 0.717) is 0 Å². The summed E-state index contributed by atoms with van der Waals surface area (Å²) in [6.07, 6.45) is 18.8. The predicted molar refractivity (Wildman–Crippen MR) is 290 cm³/mol. The molecule has 2 aromatic carbocycles. The number of anilines is 3. The van der Waals surface area contributed by atoms with E-state index in [2.05, 4.69) is 92.4 Å². The monoisotopic (exact) mass is 986 g/mol. The fraction of sp³-hybridized carbons (Fsp3) is 0.357. The summed E-state index contributed by atoms with van der Waals surface area (Å²) in [5, 5.41) is 20.3. The quantitative estimate of drug-likeness (QED) is 0.0331. The van der Waals surface area contributed by atoms with Gasteiger partial charge in [0, 0.05) is 55.3 Å². The number of carboxylic acid groups (broad SMARTS) is 1. The van der Waals surface area contributed by atoms with Gasteiger partial charge in [0.05, 0.1) is 14.2 Å². The topological polar surface area (TPSA) is 82.8 Å². The second-order valence-corrected chi connectivity index (χ2v) is 22.2. The molecule has 67 heavy (non-hydrogen) atoms. The molecule has 0 bridgehead atoms. The highest BCUT2D eigenvalue weighted by Gasteiger charge is 2.24. The zero-order chi connectivity index (χ0) is 47.1. The molecule has 0 spiro atoms. The van der Waals surface area contributed by atoms with Crippen molar-refractivity contribution in [1.29, 1.82) is 5.26 Å². The molecule has 6 nitrogen and oxygen atoms in total. The van der Waals surface area contributed by atoms with Crippen molar-refractivity contribution in [2.24, 2.45) is 0 Å². The minimum atomic E-state index is -1.19. The fourth-order valence-corrected chi connectivity index (χ4v) is 14.4. The molecule has 0 unspecified atom stereocenters. The molecule has 5 aromatic heterocycles. The number of carbonyl (C=O) groups is 1. The van der Waals surface area contributed by atoms with Gasteiger partial charge < -0.3 is 19.5 Å². The molecular weight excluding hydrogens is 925 g/mol. The first kappa shape index (κ1) is 49.9. The Morgan fingerprint density at radius 3 is 1.48 bits per heavy atom. The van der Waals surface area contributed by atoms with Crippen molar-refractivity contribution < 1.29 is 19.4 Å². The highest BCUT2D eigenvalue weighted by atomic mass is 32.1. The third-order valence-corrected chi connectivity index (χ3v) is 18.4. The Morgan fingerprint density at radius 2 is 1.00 bits per heavy atom. The maximum absolute atomic E-state index is 11.7. The molecule has 0 amide bonds. The van der Waals surface area contributed by atoms with Crippen molar-refractivity contribution in [2.75, 3.05) is 19.1 Å². The predicted octanol–water partition coefficient (Wildman–Crippen LogP) is 18.5. The van der Waals surface area contributed by atoms with Crippen LogP contribution in [0.1, 0.15) is 119 Å². The minimum absolute atomic E-state index is 0.240. The molecule has 7 rings (SSSR count). The molecule has 0 atom stereocenters. The molecule has 0 fully saturated rings. The highest BCUT2D eigenvalue weighted by Crippen LogP contribution is 2.51. The van der Waals surface area contributed by atoms with E-state index in [0.717, 1.165) is 66.3 Å². The Kier molecular flexibility index (Phi) is 18.5. The Labute approximate surface area is 417 Å². The number of thiophene rings is 5. The molecule has 7 aromatic rings. The Morgan fingerprint density at radius 1 is 0.552 bits per heavy atom. The third-order valence-electron chi connectivity index (χ3n) is 12.0. The van der Waals surface area contributed by atoms with Crippen LogP contribution < -0.4 is 14.4 Å². The molecule has 0 aliphatic carbocycles. The summed E-state index contributed by atoms with van der Waals surface area (Å²) >= 11 is 9.09. The van der Waals surface area contributed by atoms with Gasteiger partial charge >= 0.3 is 5.97 Å². The van der Waals surface area contributed by atoms with E-state index < -0.39 is 5.97 Å². The number of unbranched alkanes of at least 4 members (excludes halogenated alkanes) is 9. The Bertz CT molecular complexity index is 2690. The van der Waals surface area contributed by atoms with Crippen molar-refractivity contribution in [3.8, 4) is 56.6 Å². The summed E-state index contributed by atoms with van der Waals surface area (Å²) in [4.78, 5) is 25.1. The number of hydrogen-bond donors (Lipinski definition) is 1. The first-order chi connectivity index (χ1) is 32.8. The fourth-order valence-electron chi connectivity index (χ4n) is 8.31. The molecule has 0 radical (unpaired) electrons. The van der Waals surface area contributed by atoms with E-state index >= 15 is 0 Å². The van der Waals surface area contributed by atoms with Crippen molar-refractivity contribution in [3.05, 3.63) is 118 Å². The van der Waals surface area contributed by atoms with Crippen LogP contribution in [0.3, 0.4) is 0 Å². The van der Waals surface area contributed by atoms with Crippen LogP contribution in [0.15, 0.2) is 96.6 Å². The summed E-state index contributed by atoms with van der Waals surface area (Å²) in [5.41, 5.74) is 5.97. The van der Waals surface area contributed by atoms with E-state index in [4.69, 9.17) is 9.47 Å². The number of nitriles is 1. The standard InChI is InChI=1S/C56H62N2O4S5/c1-6-9-12-15-18-38-33-46(34-41(37-57)56(59)60)63-53(38)49-31-29-47(64-49)48-30-32-50(65-48)54-39(19-16-13-10-7-2)35-51(66-54)52-36-40(20-17-14-11-8-3)55(67-52)58(42-21-25-44(61-4)26-22-42)43-23-27-45(62-5)28-24-43/h21-36H,6-20H2,1-5H3,(H,59,60)/b41-34-. The lowest BCUT2D eigenvalue weighted by Gasteiger charge is -2.25. The second-order valence-electron chi connectivity index (χ2n) is 16.9. The van der Waals surface area contributed by atoms with Crippen LogP contribution in [0, 0.1) is 11.3 Å². The van der Waals surface area contributed by atoms with Crippen LogP contribution in [-0.4, -0.2) is 25.3 Å². The summed E-state index contributed by atoms with van der Waals surface area (Å²) in [6, 6.07) is 34.8. The number of methoxy groups -OCH3 is 2. The Balaban J connectivity index is 1.25. The lowest BCUT2D eigenvalue weighted by molar-refractivity contribution is -0.132. The van der Waals surface area contributed by atoms with Gasteiger partial charge in [0.15, 0.2) is 0 Å². The van der Waals surface area contributed by atoms with Gasteiger partial charge in [0.2, 0.25) is 0 Å². The van der Waals surface area contributed by atoms with Gasteiger partial charge in [-0.15, -0.1) is 56.7 Å². The van der Waals surface area contributed by atoms with Gasteiger partial charge in [0.25, 0.3) is 0 Å². The number of aliphatic carboxylic acids is 1. The van der Waals surface area contributed by atoms with Crippen LogP contribution in [0.4, 0.5) is 16.4 Å². The minimum Gasteiger partial charge on any atom is -0.497 e. The van der Waals surface area contributed by atoms with Crippen LogP contribution in [0.25, 0.3) is 45.1 Å². The average Bonchev–Trinajstić information content (AvgIpc) is 4.21. The number of hydrogen-bond acceptors (Lipinski definition) is 10. The number of nitrogens with zero attached hydrogens (tertiary/aromatic N) is 2. The molecule has 11 heteroatoms. The van der Waals surface area contributed by atoms with Gasteiger partial charge in [-0.3, -0.25) is 0 Å². The lowest BCUT2D eigenvalue weighted by Crippen LogP contribution is -2.10. The molecule has 1 N–H and O–H groups in total.